The Bertz CT molecular complexity index is 1130. The van der Waals surface area contributed by atoms with Crippen molar-refractivity contribution in [3.63, 3.8) is 0 Å². The second-order valence-corrected chi connectivity index (χ2v) is 7.42. The first-order valence-electron chi connectivity index (χ1n) is 10.3. The van der Waals surface area contributed by atoms with Crippen LogP contribution in [0.15, 0.2) is 84.9 Å². The molecule has 0 aliphatic carbocycles. The van der Waals surface area contributed by atoms with Crippen molar-refractivity contribution in [1.29, 1.82) is 0 Å². The normalized spacial score (nSPS) is 10.7. The minimum absolute atomic E-state index is 0.120. The number of nitrogen functional groups attached to an aromatic ring is 4. The van der Waals surface area contributed by atoms with Crippen LogP contribution in [0.1, 0.15) is 0 Å². The maximum atomic E-state index is 6.13. The van der Waals surface area contributed by atoms with E-state index in [-0.39, 0.29) is 6.73 Å². The van der Waals surface area contributed by atoms with Gasteiger partial charge in [0.05, 0.1) is 11.4 Å². The van der Waals surface area contributed by atoms with Gasteiger partial charge in [-0.1, -0.05) is 42.0 Å². The summed E-state index contributed by atoms with van der Waals surface area (Å²) in [5, 5.41) is 0. The third-order valence-corrected chi connectivity index (χ3v) is 5.04. The van der Waals surface area contributed by atoms with Crippen LogP contribution in [-0.2, 0) is 0 Å². The molecule has 0 heterocycles. The molecule has 0 unspecified atom stereocenters. The van der Waals surface area contributed by atoms with E-state index in [1.807, 2.05) is 78.9 Å². The molecule has 0 aromatic heterocycles. The fraction of sp³-hybridized carbons (Fsp3) is 0.0400. The van der Waals surface area contributed by atoms with Gasteiger partial charge in [-0.15, -0.1) is 0 Å². The van der Waals surface area contributed by atoms with Crippen LogP contribution in [0.4, 0.5) is 22.7 Å². The van der Waals surface area contributed by atoms with Gasteiger partial charge >= 0.3 is 0 Å². The van der Waals surface area contributed by atoms with Crippen LogP contribution >= 0.6 is 0 Å². The largest absolute Gasteiger partial charge is 0.475 e. The zero-order valence-electron chi connectivity index (χ0n) is 17.9. The molecule has 0 radical (unpaired) electrons. The van der Waals surface area contributed by atoms with Gasteiger partial charge in [0.15, 0.2) is 12.5 Å². The summed E-state index contributed by atoms with van der Waals surface area (Å²) in [5.41, 5.74) is 35.6. The Kier molecular flexibility index (Phi) is 6.49. The number of rotatable bonds is 8. The lowest BCUT2D eigenvalue weighted by atomic mass is 10.0. The van der Waals surface area contributed by atoms with Crippen molar-refractivity contribution in [2.24, 2.45) is 0 Å². The Morgan fingerprint density at radius 1 is 0.545 bits per heavy atom. The number of hydrazine groups is 1. The summed E-state index contributed by atoms with van der Waals surface area (Å²) < 4.78 is 5.66. The van der Waals surface area contributed by atoms with Crippen molar-refractivity contribution in [2.75, 3.05) is 29.7 Å². The van der Waals surface area contributed by atoms with E-state index in [9.17, 15) is 0 Å². The quantitative estimate of drug-likeness (QED) is 0.105. The predicted octanol–water partition coefficient (Wildman–Crippen LogP) is 3.77. The molecular formula is C25H26N6O2. The lowest BCUT2D eigenvalue weighted by Gasteiger charge is -2.14. The van der Waals surface area contributed by atoms with Crippen molar-refractivity contribution in [3.05, 3.63) is 84.9 Å². The average molecular weight is 443 g/mol. The molecule has 0 atom stereocenters. The van der Waals surface area contributed by atoms with Gasteiger partial charge in [-0.05, 0) is 70.8 Å². The molecule has 0 spiro atoms. The summed E-state index contributed by atoms with van der Waals surface area (Å²) in [7, 11) is 0. The van der Waals surface area contributed by atoms with E-state index >= 15 is 0 Å². The molecule has 0 saturated carbocycles. The van der Waals surface area contributed by atoms with E-state index in [1.165, 1.54) is 0 Å². The van der Waals surface area contributed by atoms with E-state index in [0.29, 0.717) is 34.2 Å². The van der Waals surface area contributed by atoms with Crippen molar-refractivity contribution in [2.45, 2.75) is 0 Å². The molecule has 0 fully saturated rings. The summed E-state index contributed by atoms with van der Waals surface area (Å²) in [6.45, 7) is 0.120. The predicted molar refractivity (Wildman–Crippen MR) is 134 cm³/mol. The van der Waals surface area contributed by atoms with Crippen molar-refractivity contribution < 1.29 is 9.57 Å². The average Bonchev–Trinajstić information content (AvgIpc) is 2.81. The number of anilines is 4. The monoisotopic (exact) mass is 442 g/mol. The van der Waals surface area contributed by atoms with Crippen LogP contribution in [-0.4, -0.2) is 6.73 Å². The van der Waals surface area contributed by atoms with Gasteiger partial charge in [0.1, 0.15) is 5.75 Å². The van der Waals surface area contributed by atoms with E-state index in [4.69, 9.17) is 32.5 Å². The maximum absolute atomic E-state index is 6.13. The Morgan fingerprint density at radius 2 is 1.00 bits per heavy atom. The first-order valence-corrected chi connectivity index (χ1v) is 10.3. The first-order chi connectivity index (χ1) is 16.0. The van der Waals surface area contributed by atoms with E-state index < -0.39 is 0 Å². The van der Waals surface area contributed by atoms with Gasteiger partial charge < -0.3 is 32.5 Å². The van der Waals surface area contributed by atoms with E-state index in [2.05, 4.69) is 11.0 Å². The fourth-order valence-electron chi connectivity index (χ4n) is 3.27. The van der Waals surface area contributed by atoms with E-state index in [1.54, 1.807) is 6.07 Å². The molecule has 33 heavy (non-hydrogen) atoms. The van der Waals surface area contributed by atoms with Crippen LogP contribution in [0.5, 0.6) is 11.5 Å². The standard InChI is InChI=1S/C25H26N6O2/c26-20-7-1-16(2-8-20)18-5-11-24(22(28)13-18)32-15-30-31-33-25-12-6-19(14-23(25)29)17-3-9-21(27)10-4-17/h1-14,30-31H,15,26-29H2. The van der Waals surface area contributed by atoms with Crippen molar-refractivity contribution >= 4 is 22.7 Å². The highest BCUT2D eigenvalue weighted by Gasteiger charge is 2.06. The summed E-state index contributed by atoms with van der Waals surface area (Å²) in [4.78, 5) is 5.47. The third-order valence-electron chi connectivity index (χ3n) is 5.04. The molecule has 0 amide bonds. The molecule has 0 aliphatic heterocycles. The zero-order valence-corrected chi connectivity index (χ0v) is 17.9. The van der Waals surface area contributed by atoms with Gasteiger partial charge in [-0.25, -0.2) is 0 Å². The highest BCUT2D eigenvalue weighted by Crippen LogP contribution is 2.30. The molecular weight excluding hydrogens is 416 g/mol. The Morgan fingerprint density at radius 3 is 1.48 bits per heavy atom. The second kappa shape index (κ2) is 9.82. The molecule has 0 aliphatic rings. The van der Waals surface area contributed by atoms with Crippen LogP contribution in [0.2, 0.25) is 0 Å². The van der Waals surface area contributed by atoms with Gasteiger partial charge in [-0.2, -0.15) is 5.43 Å². The summed E-state index contributed by atoms with van der Waals surface area (Å²) in [6.07, 6.45) is 0. The summed E-state index contributed by atoms with van der Waals surface area (Å²) >= 11 is 0. The smallest absolute Gasteiger partial charge is 0.171 e. The first kappa shape index (κ1) is 21.8. The number of hydrogen-bond acceptors (Lipinski definition) is 8. The lowest BCUT2D eigenvalue weighted by Crippen LogP contribution is -2.37. The highest BCUT2D eigenvalue weighted by molar-refractivity contribution is 5.72. The number of nitrogens with one attached hydrogen (secondary N) is 2. The molecule has 0 bridgehead atoms. The number of nitrogens with two attached hydrogens (primary N) is 4. The van der Waals surface area contributed by atoms with Crippen LogP contribution in [0.3, 0.4) is 0 Å². The summed E-state index contributed by atoms with van der Waals surface area (Å²) in [5.74, 6) is 1.03. The molecule has 10 N–H and O–H groups in total. The molecule has 8 nitrogen and oxygen atoms in total. The maximum Gasteiger partial charge on any atom is 0.171 e. The van der Waals surface area contributed by atoms with Gasteiger partial charge in [-0.3, -0.25) is 0 Å². The lowest BCUT2D eigenvalue weighted by molar-refractivity contribution is 0.113. The molecule has 4 aromatic carbocycles. The Labute approximate surface area is 192 Å². The molecule has 0 saturated heterocycles. The summed E-state index contributed by atoms with van der Waals surface area (Å²) in [6, 6.07) is 26.3. The number of ether oxygens (including phenoxy) is 1. The number of benzene rings is 4. The van der Waals surface area contributed by atoms with Gasteiger partial charge in [0, 0.05) is 11.4 Å². The fourth-order valence-corrected chi connectivity index (χ4v) is 3.27. The molecule has 4 rings (SSSR count). The van der Waals surface area contributed by atoms with Crippen LogP contribution in [0, 0.1) is 0 Å². The van der Waals surface area contributed by atoms with Gasteiger partial charge in [0.2, 0.25) is 0 Å². The van der Waals surface area contributed by atoms with Crippen LogP contribution in [0.25, 0.3) is 22.3 Å². The second-order valence-electron chi connectivity index (χ2n) is 7.42. The molecule has 4 aromatic rings. The Balaban J connectivity index is 1.27. The Hall–Kier alpha value is -4.40. The molecule has 168 valence electrons. The van der Waals surface area contributed by atoms with Crippen LogP contribution < -0.4 is 43.5 Å². The SMILES string of the molecule is Nc1ccc(-c2ccc(OCNNOc3ccc(-c4ccc(N)cc4)cc3N)c(N)c2)cc1. The van der Waals surface area contributed by atoms with Crippen molar-refractivity contribution in [1.82, 2.24) is 11.0 Å². The van der Waals surface area contributed by atoms with E-state index in [0.717, 1.165) is 22.3 Å². The topological polar surface area (TPSA) is 147 Å². The zero-order chi connectivity index (χ0) is 23.2. The highest BCUT2D eigenvalue weighted by atomic mass is 16.7. The minimum Gasteiger partial charge on any atom is -0.475 e. The minimum atomic E-state index is 0.120. The third kappa shape index (κ3) is 5.45. The molecule has 8 heteroatoms. The van der Waals surface area contributed by atoms with Crippen molar-refractivity contribution in [3.8, 4) is 33.8 Å². The van der Waals surface area contributed by atoms with Gasteiger partial charge in [0.25, 0.3) is 0 Å². The number of hydrogen-bond donors (Lipinski definition) is 6.